The minimum atomic E-state index is -3.80. The summed E-state index contributed by atoms with van der Waals surface area (Å²) in [5.41, 5.74) is 2.11. The summed E-state index contributed by atoms with van der Waals surface area (Å²) < 4.78 is 38.7. The van der Waals surface area contributed by atoms with Crippen molar-refractivity contribution in [3.8, 4) is 5.75 Å². The standard InChI is InChI=1S/C21H27NO5S/c1-5-27-21(23)18(13-17-9-7-6-8-10-17)14-22-28(24,25)20-15(2)11-19(26-4)12-16(20)3/h6-12,18,22H,5,13-14H2,1-4H3/t18-/m0/s1. The van der Waals surface area contributed by atoms with Gasteiger partial charge in [0, 0.05) is 6.54 Å². The topological polar surface area (TPSA) is 81.7 Å². The summed E-state index contributed by atoms with van der Waals surface area (Å²) >= 11 is 0. The molecule has 0 saturated carbocycles. The van der Waals surface area contributed by atoms with Gasteiger partial charge in [-0.1, -0.05) is 30.3 Å². The van der Waals surface area contributed by atoms with Crippen molar-refractivity contribution in [3.63, 3.8) is 0 Å². The molecule has 0 heterocycles. The van der Waals surface area contributed by atoms with Crippen molar-refractivity contribution >= 4 is 16.0 Å². The van der Waals surface area contributed by atoms with E-state index in [4.69, 9.17) is 9.47 Å². The number of carbonyl (C=O) groups excluding carboxylic acids is 1. The predicted molar refractivity (Wildman–Crippen MR) is 108 cm³/mol. The molecule has 0 spiro atoms. The average Bonchev–Trinajstić information content (AvgIpc) is 2.65. The van der Waals surface area contributed by atoms with Gasteiger partial charge < -0.3 is 9.47 Å². The van der Waals surface area contributed by atoms with Crippen LogP contribution in [0.15, 0.2) is 47.4 Å². The fraction of sp³-hybridized carbons (Fsp3) is 0.381. The molecule has 1 atom stereocenters. The third-order valence-corrected chi connectivity index (χ3v) is 6.13. The molecule has 6 nitrogen and oxygen atoms in total. The minimum absolute atomic E-state index is 0.0407. The van der Waals surface area contributed by atoms with E-state index in [1.165, 1.54) is 7.11 Å². The van der Waals surface area contributed by atoms with Gasteiger partial charge in [0.25, 0.3) is 0 Å². The molecule has 2 rings (SSSR count). The maximum Gasteiger partial charge on any atom is 0.310 e. The molecule has 0 aliphatic rings. The Morgan fingerprint density at radius 2 is 1.71 bits per heavy atom. The van der Waals surface area contributed by atoms with Crippen LogP contribution in [0.2, 0.25) is 0 Å². The first-order valence-corrected chi connectivity index (χ1v) is 10.6. The number of nitrogens with one attached hydrogen (secondary N) is 1. The lowest BCUT2D eigenvalue weighted by atomic mass is 10.00. The fourth-order valence-electron chi connectivity index (χ4n) is 3.13. The molecule has 0 aromatic heterocycles. The molecule has 0 aliphatic heterocycles. The van der Waals surface area contributed by atoms with E-state index in [0.29, 0.717) is 23.3 Å². The van der Waals surface area contributed by atoms with Crippen LogP contribution >= 0.6 is 0 Å². The maximum absolute atomic E-state index is 12.9. The van der Waals surface area contributed by atoms with Gasteiger partial charge in [0.15, 0.2) is 0 Å². The van der Waals surface area contributed by atoms with Gasteiger partial charge in [-0.25, -0.2) is 13.1 Å². The molecule has 0 aliphatic carbocycles. The van der Waals surface area contributed by atoms with Gasteiger partial charge in [-0.05, 0) is 56.0 Å². The summed E-state index contributed by atoms with van der Waals surface area (Å²) in [6.45, 7) is 5.37. The van der Waals surface area contributed by atoms with Gasteiger partial charge in [0.05, 0.1) is 24.5 Å². The first kappa shape index (κ1) is 21.9. The Morgan fingerprint density at radius 1 is 1.11 bits per heavy atom. The van der Waals surface area contributed by atoms with Crippen molar-refractivity contribution in [3.05, 3.63) is 59.2 Å². The van der Waals surface area contributed by atoms with Crippen LogP contribution in [0.1, 0.15) is 23.6 Å². The normalized spacial score (nSPS) is 12.4. The number of ether oxygens (including phenoxy) is 2. The second kappa shape index (κ2) is 9.71. The molecular formula is C21H27NO5S. The third kappa shape index (κ3) is 5.56. The Labute approximate surface area is 166 Å². The van der Waals surface area contributed by atoms with Crippen LogP contribution < -0.4 is 9.46 Å². The van der Waals surface area contributed by atoms with Crippen LogP contribution in [0.5, 0.6) is 5.75 Å². The van der Waals surface area contributed by atoms with E-state index in [9.17, 15) is 13.2 Å². The number of hydrogen-bond donors (Lipinski definition) is 1. The van der Waals surface area contributed by atoms with Crippen LogP contribution in [0.3, 0.4) is 0 Å². The van der Waals surface area contributed by atoms with E-state index in [1.54, 1.807) is 32.9 Å². The summed E-state index contributed by atoms with van der Waals surface area (Å²) in [5, 5.41) is 0. The predicted octanol–water partition coefficient (Wildman–Crippen LogP) is 3.01. The highest BCUT2D eigenvalue weighted by atomic mass is 32.2. The molecule has 0 unspecified atom stereocenters. The number of hydrogen-bond acceptors (Lipinski definition) is 5. The molecule has 0 amide bonds. The molecule has 2 aromatic rings. The van der Waals surface area contributed by atoms with Crippen LogP contribution in [0.25, 0.3) is 0 Å². The van der Waals surface area contributed by atoms with Crippen LogP contribution in [0, 0.1) is 19.8 Å². The number of sulfonamides is 1. The highest BCUT2D eigenvalue weighted by Crippen LogP contribution is 2.25. The zero-order valence-corrected chi connectivity index (χ0v) is 17.5. The number of methoxy groups -OCH3 is 1. The Morgan fingerprint density at radius 3 is 2.25 bits per heavy atom. The van der Waals surface area contributed by atoms with Gasteiger partial charge in [-0.3, -0.25) is 4.79 Å². The molecule has 152 valence electrons. The molecule has 28 heavy (non-hydrogen) atoms. The van der Waals surface area contributed by atoms with Crippen molar-refractivity contribution in [2.24, 2.45) is 5.92 Å². The lowest BCUT2D eigenvalue weighted by Gasteiger charge is -2.18. The van der Waals surface area contributed by atoms with E-state index in [1.807, 2.05) is 30.3 Å². The van der Waals surface area contributed by atoms with E-state index in [-0.39, 0.29) is 18.0 Å². The average molecular weight is 406 g/mol. The molecular weight excluding hydrogens is 378 g/mol. The second-order valence-electron chi connectivity index (χ2n) is 6.58. The lowest BCUT2D eigenvalue weighted by Crippen LogP contribution is -2.35. The zero-order valence-electron chi connectivity index (χ0n) is 16.7. The first-order valence-electron chi connectivity index (χ1n) is 9.14. The first-order chi connectivity index (χ1) is 13.3. The molecule has 0 radical (unpaired) electrons. The Kier molecular flexibility index (Phi) is 7.60. The van der Waals surface area contributed by atoms with E-state index in [0.717, 1.165) is 5.56 Å². The third-order valence-electron chi connectivity index (χ3n) is 4.40. The monoisotopic (exact) mass is 405 g/mol. The van der Waals surface area contributed by atoms with Crippen molar-refractivity contribution in [1.82, 2.24) is 4.72 Å². The minimum Gasteiger partial charge on any atom is -0.497 e. The van der Waals surface area contributed by atoms with Gasteiger partial charge >= 0.3 is 5.97 Å². The Bertz CT molecular complexity index is 887. The van der Waals surface area contributed by atoms with E-state index >= 15 is 0 Å². The molecule has 7 heteroatoms. The van der Waals surface area contributed by atoms with Crippen molar-refractivity contribution in [1.29, 1.82) is 0 Å². The Balaban J connectivity index is 2.22. The van der Waals surface area contributed by atoms with Gasteiger partial charge in [-0.15, -0.1) is 0 Å². The number of rotatable bonds is 9. The fourth-order valence-corrected chi connectivity index (χ4v) is 4.66. The molecule has 0 saturated heterocycles. The molecule has 2 aromatic carbocycles. The van der Waals surface area contributed by atoms with Gasteiger partial charge in [0.1, 0.15) is 5.75 Å². The SMILES string of the molecule is CCOC(=O)[C@H](CNS(=O)(=O)c1c(C)cc(OC)cc1C)Cc1ccccc1. The molecule has 0 bridgehead atoms. The van der Waals surface area contributed by atoms with E-state index < -0.39 is 21.9 Å². The largest absolute Gasteiger partial charge is 0.497 e. The number of benzene rings is 2. The highest BCUT2D eigenvalue weighted by Gasteiger charge is 2.26. The van der Waals surface area contributed by atoms with Gasteiger partial charge in [0.2, 0.25) is 10.0 Å². The van der Waals surface area contributed by atoms with Gasteiger partial charge in [-0.2, -0.15) is 0 Å². The smallest absolute Gasteiger partial charge is 0.310 e. The van der Waals surface area contributed by atoms with Crippen molar-refractivity contribution in [2.75, 3.05) is 20.3 Å². The van der Waals surface area contributed by atoms with Crippen molar-refractivity contribution in [2.45, 2.75) is 32.1 Å². The summed E-state index contributed by atoms with van der Waals surface area (Å²) in [6, 6.07) is 12.8. The summed E-state index contributed by atoms with van der Waals surface area (Å²) in [4.78, 5) is 12.5. The van der Waals surface area contributed by atoms with Crippen LogP contribution in [-0.2, 0) is 26.0 Å². The van der Waals surface area contributed by atoms with Crippen LogP contribution in [-0.4, -0.2) is 34.6 Å². The number of aryl methyl sites for hydroxylation is 2. The molecule has 0 fully saturated rings. The zero-order chi connectivity index (χ0) is 20.7. The number of carbonyl (C=O) groups is 1. The highest BCUT2D eigenvalue weighted by molar-refractivity contribution is 7.89. The quantitative estimate of drug-likeness (QED) is 0.649. The summed E-state index contributed by atoms with van der Waals surface area (Å²) in [6.07, 6.45) is 0.392. The van der Waals surface area contributed by atoms with Crippen LogP contribution in [0.4, 0.5) is 0 Å². The number of esters is 1. The lowest BCUT2D eigenvalue weighted by molar-refractivity contribution is -0.147. The summed E-state index contributed by atoms with van der Waals surface area (Å²) in [7, 11) is -2.26. The molecule has 1 N–H and O–H groups in total. The second-order valence-corrected chi connectivity index (χ2v) is 8.28. The Hall–Kier alpha value is -2.38. The van der Waals surface area contributed by atoms with Crippen molar-refractivity contribution < 1.29 is 22.7 Å². The summed E-state index contributed by atoms with van der Waals surface area (Å²) in [5.74, 6) is -0.435. The van der Waals surface area contributed by atoms with E-state index in [2.05, 4.69) is 4.72 Å². The maximum atomic E-state index is 12.9.